The van der Waals surface area contributed by atoms with Crippen molar-refractivity contribution < 1.29 is 39.9 Å². The van der Waals surface area contributed by atoms with E-state index in [4.69, 9.17) is 0 Å². The quantitative estimate of drug-likeness (QED) is 0.319. The lowest BCUT2D eigenvalue weighted by atomic mass is 10.1. The van der Waals surface area contributed by atoms with Gasteiger partial charge in [-0.2, -0.15) is 0 Å². The molecule has 0 unspecified atom stereocenters. The maximum Gasteiger partial charge on any atom is 0.317 e. The van der Waals surface area contributed by atoms with Gasteiger partial charge in [0.05, 0.1) is 19.6 Å². The number of hydrogen-bond acceptors (Lipinski definition) is 9. The van der Waals surface area contributed by atoms with Gasteiger partial charge in [-0.15, -0.1) is 0 Å². The smallest absolute Gasteiger partial charge is 0.317 e. The summed E-state index contributed by atoms with van der Waals surface area (Å²) in [6.07, 6.45) is 0. The Labute approximate surface area is 198 Å². The van der Waals surface area contributed by atoms with Crippen LogP contribution in [-0.2, 0) is 20.9 Å². The lowest BCUT2D eigenvalue weighted by molar-refractivity contribution is -0.140. The number of aryl methyl sites for hydroxylation is 1. The van der Waals surface area contributed by atoms with Gasteiger partial charge in [0.15, 0.2) is 0 Å². The summed E-state index contributed by atoms with van der Waals surface area (Å²) in [5.41, 5.74) is 1.05. The van der Waals surface area contributed by atoms with E-state index in [9.17, 15) is 39.9 Å². The lowest BCUT2D eigenvalue weighted by Gasteiger charge is -2.33. The summed E-state index contributed by atoms with van der Waals surface area (Å²) >= 11 is 0. The topological polar surface area (TPSA) is 165 Å². The second-order valence-electron chi connectivity index (χ2n) is 8.57. The first-order chi connectivity index (χ1) is 16.0. The molecule has 12 heteroatoms. The van der Waals surface area contributed by atoms with Gasteiger partial charge in [-0.25, -0.2) is 0 Å². The minimum atomic E-state index is -1.01. The minimum Gasteiger partial charge on any atom is -0.507 e. The first-order valence-corrected chi connectivity index (χ1v) is 11.1. The Morgan fingerprint density at radius 3 is 1.24 bits per heavy atom. The Balaban J connectivity index is 2.23. The zero-order valence-corrected chi connectivity index (χ0v) is 19.4. The first kappa shape index (κ1) is 27.3. The number of carbonyl (C=O) groups is 3. The van der Waals surface area contributed by atoms with Gasteiger partial charge in [0.2, 0.25) is 0 Å². The molecule has 1 fully saturated rings. The molecule has 1 heterocycles. The molecule has 34 heavy (non-hydrogen) atoms. The number of phenols is 2. The number of aromatic hydroxyl groups is 2. The molecule has 1 aliphatic heterocycles. The lowest BCUT2D eigenvalue weighted by Crippen LogP contribution is -2.48. The highest BCUT2D eigenvalue weighted by Crippen LogP contribution is 2.29. The van der Waals surface area contributed by atoms with Crippen molar-refractivity contribution in [3.63, 3.8) is 0 Å². The number of nitrogens with zero attached hydrogens (tertiary/aromatic N) is 4. The molecule has 0 saturated carbocycles. The molecule has 0 radical (unpaired) electrons. The largest absolute Gasteiger partial charge is 0.507 e. The van der Waals surface area contributed by atoms with Gasteiger partial charge in [-0.3, -0.25) is 34.0 Å². The van der Waals surface area contributed by atoms with Gasteiger partial charge in [0.1, 0.15) is 11.5 Å². The molecule has 0 aromatic heterocycles. The first-order valence-electron chi connectivity index (χ1n) is 11.1. The third-order valence-electron chi connectivity index (χ3n) is 5.74. The highest BCUT2D eigenvalue weighted by Gasteiger charge is 2.21. The molecule has 1 aromatic carbocycles. The summed E-state index contributed by atoms with van der Waals surface area (Å²) in [6.45, 7) is 4.13. The Hall–Kier alpha value is -2.93. The van der Waals surface area contributed by atoms with Gasteiger partial charge >= 0.3 is 17.9 Å². The fraction of sp³-hybridized carbons (Fsp3) is 0.591. The van der Waals surface area contributed by atoms with Crippen molar-refractivity contribution in [3.8, 4) is 11.5 Å². The summed E-state index contributed by atoms with van der Waals surface area (Å²) in [5, 5.41) is 48.5. The average Bonchev–Trinajstić information content (AvgIpc) is 2.70. The molecule has 0 aliphatic carbocycles. The average molecular weight is 483 g/mol. The third-order valence-corrected chi connectivity index (χ3v) is 5.74. The number of carboxylic acid groups (broad SMARTS) is 3. The zero-order chi connectivity index (χ0) is 25.3. The van der Waals surface area contributed by atoms with E-state index in [0.717, 1.165) is 0 Å². The molecule has 1 aromatic rings. The standard InChI is InChI=1S/C22H34N4O8/c1-16-10-18(27)17(19(28)11-16)12-23-2-4-24(13-20(29)30)6-8-26(15-22(33)34)9-7-25(5-3-23)14-21(31)32/h10-11,27-28H,2-9,12-15H2,1H3,(H,29,30)(H,31,32)(H,33,34). The van der Waals surface area contributed by atoms with Gasteiger partial charge in [0.25, 0.3) is 0 Å². The summed E-state index contributed by atoms with van der Waals surface area (Å²) in [5.74, 6) is -3.09. The van der Waals surface area contributed by atoms with Crippen LogP contribution in [0.1, 0.15) is 11.1 Å². The molecule has 0 amide bonds. The van der Waals surface area contributed by atoms with Crippen LogP contribution in [0, 0.1) is 6.92 Å². The molecule has 5 N–H and O–H groups in total. The van der Waals surface area contributed by atoms with Crippen LogP contribution in [0.4, 0.5) is 0 Å². The van der Waals surface area contributed by atoms with Crippen molar-refractivity contribution in [1.82, 2.24) is 19.6 Å². The monoisotopic (exact) mass is 482 g/mol. The maximum atomic E-state index is 11.3. The number of hydrogen-bond donors (Lipinski definition) is 5. The number of benzene rings is 1. The van der Waals surface area contributed by atoms with Crippen LogP contribution < -0.4 is 0 Å². The Morgan fingerprint density at radius 2 is 0.941 bits per heavy atom. The van der Waals surface area contributed by atoms with Gasteiger partial charge in [0, 0.05) is 64.5 Å². The highest BCUT2D eigenvalue weighted by atomic mass is 16.4. The minimum absolute atomic E-state index is 0.0438. The van der Waals surface area contributed by atoms with Crippen molar-refractivity contribution in [1.29, 1.82) is 0 Å². The Kier molecular flexibility index (Phi) is 10.5. The van der Waals surface area contributed by atoms with Gasteiger partial charge < -0.3 is 25.5 Å². The van der Waals surface area contributed by atoms with E-state index in [1.807, 2.05) is 4.90 Å². The van der Waals surface area contributed by atoms with Crippen LogP contribution in [0.3, 0.4) is 0 Å². The van der Waals surface area contributed by atoms with E-state index in [2.05, 4.69) is 0 Å². The molecule has 1 saturated heterocycles. The predicted molar refractivity (Wildman–Crippen MR) is 122 cm³/mol. The fourth-order valence-electron chi connectivity index (χ4n) is 3.95. The number of aliphatic carboxylic acids is 3. The molecule has 2 rings (SSSR count). The summed E-state index contributed by atoms with van der Waals surface area (Å²) in [7, 11) is 0. The van der Waals surface area contributed by atoms with Crippen LogP contribution in [0.5, 0.6) is 11.5 Å². The van der Waals surface area contributed by atoms with Crippen molar-refractivity contribution >= 4 is 17.9 Å². The second kappa shape index (κ2) is 13.1. The molecule has 0 atom stereocenters. The van der Waals surface area contributed by atoms with E-state index < -0.39 is 17.9 Å². The van der Waals surface area contributed by atoms with E-state index in [1.54, 1.807) is 33.8 Å². The van der Waals surface area contributed by atoms with Crippen molar-refractivity contribution in [2.24, 2.45) is 0 Å². The van der Waals surface area contributed by atoms with E-state index in [-0.39, 0.29) is 37.7 Å². The zero-order valence-electron chi connectivity index (χ0n) is 19.4. The highest BCUT2D eigenvalue weighted by molar-refractivity contribution is 5.69. The van der Waals surface area contributed by atoms with Crippen LogP contribution in [-0.4, -0.2) is 135 Å². The third kappa shape index (κ3) is 9.51. The normalized spacial score (nSPS) is 18.1. The SMILES string of the molecule is Cc1cc(O)c(CN2CCN(CC(=O)O)CCN(CC(=O)O)CCN(CC(=O)O)CC2)c(O)c1. The summed E-state index contributed by atoms with van der Waals surface area (Å²) < 4.78 is 0. The van der Waals surface area contributed by atoms with Crippen LogP contribution in [0.25, 0.3) is 0 Å². The second-order valence-corrected chi connectivity index (χ2v) is 8.57. The van der Waals surface area contributed by atoms with Crippen molar-refractivity contribution in [3.05, 3.63) is 23.3 Å². The van der Waals surface area contributed by atoms with E-state index >= 15 is 0 Å². The molecule has 190 valence electrons. The predicted octanol–water partition coefficient (Wildman–Crippen LogP) is -0.618. The molecule has 0 bridgehead atoms. The number of phenolic OH excluding ortho intramolecular Hbond substituents is 2. The maximum absolute atomic E-state index is 11.3. The van der Waals surface area contributed by atoms with Crippen molar-refractivity contribution in [2.75, 3.05) is 72.0 Å². The summed E-state index contributed by atoms with van der Waals surface area (Å²) in [4.78, 5) is 41.0. The summed E-state index contributed by atoms with van der Waals surface area (Å²) in [6, 6.07) is 3.10. The molecular formula is C22H34N4O8. The van der Waals surface area contributed by atoms with Crippen molar-refractivity contribution in [2.45, 2.75) is 13.5 Å². The van der Waals surface area contributed by atoms with E-state index in [0.29, 0.717) is 63.5 Å². The van der Waals surface area contributed by atoms with Gasteiger partial charge in [-0.1, -0.05) is 0 Å². The fourth-order valence-corrected chi connectivity index (χ4v) is 3.95. The molecular weight excluding hydrogens is 448 g/mol. The van der Waals surface area contributed by atoms with Crippen LogP contribution in [0.15, 0.2) is 12.1 Å². The van der Waals surface area contributed by atoms with Crippen LogP contribution in [0.2, 0.25) is 0 Å². The molecule has 12 nitrogen and oxygen atoms in total. The number of rotatable bonds is 8. The Morgan fingerprint density at radius 1 is 0.647 bits per heavy atom. The Bertz CT molecular complexity index is 810. The number of carboxylic acids is 3. The van der Waals surface area contributed by atoms with Gasteiger partial charge in [-0.05, 0) is 24.6 Å². The van der Waals surface area contributed by atoms with E-state index in [1.165, 1.54) is 0 Å². The van der Waals surface area contributed by atoms with Crippen LogP contribution >= 0.6 is 0 Å². The molecule has 0 spiro atoms. The molecule has 1 aliphatic rings.